The predicted molar refractivity (Wildman–Crippen MR) is 77.3 cm³/mol. The number of benzene rings is 1. The van der Waals surface area contributed by atoms with Gasteiger partial charge in [-0.25, -0.2) is 0 Å². The minimum absolute atomic E-state index is 0.0410. The molecule has 0 aromatic heterocycles. The van der Waals surface area contributed by atoms with Crippen LogP contribution in [0.2, 0.25) is 0 Å². The third-order valence-corrected chi connectivity index (χ3v) is 4.79. The lowest BCUT2D eigenvalue weighted by Gasteiger charge is -2.34. The van der Waals surface area contributed by atoms with E-state index >= 15 is 0 Å². The molecular weight excluding hydrogens is 250 g/mol. The molecule has 0 radical (unpaired) electrons. The first kappa shape index (κ1) is 13.3. The van der Waals surface area contributed by atoms with Gasteiger partial charge in [0.1, 0.15) is 5.78 Å². The van der Waals surface area contributed by atoms with Crippen molar-refractivity contribution in [3.8, 4) is 0 Å². The molecule has 1 aromatic rings. The number of carbonyl (C=O) groups excluding carboxylic acids is 2. The van der Waals surface area contributed by atoms with Crippen LogP contribution in [0.1, 0.15) is 38.2 Å². The van der Waals surface area contributed by atoms with E-state index in [1.165, 1.54) is 0 Å². The van der Waals surface area contributed by atoms with Gasteiger partial charge in [0, 0.05) is 25.4 Å². The molecule has 1 unspecified atom stereocenters. The lowest BCUT2D eigenvalue weighted by atomic mass is 9.90. The quantitative estimate of drug-likeness (QED) is 0.847. The molecule has 3 rings (SSSR count). The number of likely N-dealkylation sites (tertiary alicyclic amines) is 1. The topological polar surface area (TPSA) is 37.4 Å². The van der Waals surface area contributed by atoms with Crippen LogP contribution in [0.25, 0.3) is 0 Å². The van der Waals surface area contributed by atoms with Crippen LogP contribution in [0, 0.1) is 5.92 Å². The van der Waals surface area contributed by atoms with Crippen molar-refractivity contribution in [3.05, 3.63) is 35.9 Å². The lowest BCUT2D eigenvalue weighted by molar-refractivity contribution is -0.139. The molecule has 1 atom stereocenters. The minimum atomic E-state index is -0.292. The van der Waals surface area contributed by atoms with Crippen LogP contribution < -0.4 is 0 Å². The number of rotatable bonds is 3. The van der Waals surface area contributed by atoms with Gasteiger partial charge in [-0.3, -0.25) is 9.59 Å². The Morgan fingerprint density at radius 2 is 2.00 bits per heavy atom. The summed E-state index contributed by atoms with van der Waals surface area (Å²) in [5.41, 5.74) is 0.842. The van der Waals surface area contributed by atoms with Crippen LogP contribution in [0.15, 0.2) is 30.3 Å². The van der Waals surface area contributed by atoms with Gasteiger partial charge in [0.15, 0.2) is 0 Å². The average molecular weight is 271 g/mol. The maximum absolute atomic E-state index is 12.9. The smallest absolute Gasteiger partial charge is 0.233 e. The summed E-state index contributed by atoms with van der Waals surface area (Å²) in [7, 11) is 0. The number of hydrogen-bond donors (Lipinski definition) is 0. The van der Waals surface area contributed by atoms with Crippen LogP contribution in [-0.2, 0) is 15.0 Å². The number of hydrogen-bond acceptors (Lipinski definition) is 2. The first-order chi connectivity index (χ1) is 9.67. The second-order valence-corrected chi connectivity index (χ2v) is 6.02. The van der Waals surface area contributed by atoms with Crippen LogP contribution in [-0.4, -0.2) is 29.7 Å². The molecule has 20 heavy (non-hydrogen) atoms. The van der Waals surface area contributed by atoms with E-state index in [0.717, 1.165) is 24.8 Å². The zero-order chi connectivity index (χ0) is 14.2. The van der Waals surface area contributed by atoms with E-state index in [4.69, 9.17) is 0 Å². The van der Waals surface area contributed by atoms with E-state index in [1.54, 1.807) is 0 Å². The van der Waals surface area contributed by atoms with Gasteiger partial charge >= 0.3 is 0 Å². The third-order valence-electron chi connectivity index (χ3n) is 4.79. The number of Topliss-reactive ketones (excluding diaryl/α,β-unsaturated/α-hetero) is 1. The molecule has 1 amide bonds. The van der Waals surface area contributed by atoms with Crippen molar-refractivity contribution in [1.82, 2.24) is 4.90 Å². The second kappa shape index (κ2) is 5.04. The molecule has 1 saturated heterocycles. The number of carbonyl (C=O) groups is 2. The van der Waals surface area contributed by atoms with Crippen molar-refractivity contribution < 1.29 is 9.59 Å². The highest BCUT2D eigenvalue weighted by Crippen LogP contribution is 2.49. The zero-order valence-corrected chi connectivity index (χ0v) is 12.0. The first-order valence-corrected chi connectivity index (χ1v) is 7.55. The Morgan fingerprint density at radius 1 is 1.30 bits per heavy atom. The van der Waals surface area contributed by atoms with Crippen molar-refractivity contribution in [1.29, 1.82) is 0 Å². The average Bonchev–Trinajstić information content (AvgIpc) is 3.30. The molecule has 1 saturated carbocycles. The van der Waals surface area contributed by atoms with Crippen molar-refractivity contribution in [2.24, 2.45) is 5.92 Å². The standard InChI is InChI=1S/C17H21NO2/c1-2-13-12-18(11-8-15(13)19)16(20)17(9-10-17)14-6-4-3-5-7-14/h3-7,13H,2,8-12H2,1H3. The highest BCUT2D eigenvalue weighted by atomic mass is 16.2. The molecule has 0 bridgehead atoms. The molecule has 1 aliphatic heterocycles. The van der Waals surface area contributed by atoms with Crippen molar-refractivity contribution in [2.45, 2.75) is 38.0 Å². The normalized spacial score (nSPS) is 24.6. The van der Waals surface area contributed by atoms with Gasteiger partial charge in [0.05, 0.1) is 5.41 Å². The summed E-state index contributed by atoms with van der Waals surface area (Å²) < 4.78 is 0. The van der Waals surface area contributed by atoms with E-state index in [2.05, 4.69) is 12.1 Å². The number of piperidine rings is 1. The van der Waals surface area contributed by atoms with Gasteiger partial charge in [-0.05, 0) is 24.8 Å². The third kappa shape index (κ3) is 2.15. The van der Waals surface area contributed by atoms with Gasteiger partial charge < -0.3 is 4.90 Å². The molecule has 1 aromatic carbocycles. The fourth-order valence-electron chi connectivity index (χ4n) is 3.26. The monoisotopic (exact) mass is 271 g/mol. The predicted octanol–water partition coefficient (Wildman–Crippen LogP) is 2.55. The van der Waals surface area contributed by atoms with E-state index in [1.807, 2.05) is 30.0 Å². The number of nitrogens with zero attached hydrogens (tertiary/aromatic N) is 1. The molecule has 106 valence electrons. The summed E-state index contributed by atoms with van der Waals surface area (Å²) in [6.45, 7) is 3.24. The molecule has 1 aliphatic carbocycles. The Balaban J connectivity index is 1.78. The Labute approximate surface area is 120 Å². The van der Waals surface area contributed by atoms with Crippen molar-refractivity contribution in [2.75, 3.05) is 13.1 Å². The fourth-order valence-corrected chi connectivity index (χ4v) is 3.26. The van der Waals surface area contributed by atoms with Gasteiger partial charge in [-0.1, -0.05) is 37.3 Å². The first-order valence-electron chi connectivity index (χ1n) is 7.55. The Hall–Kier alpha value is -1.64. The molecule has 3 nitrogen and oxygen atoms in total. The molecule has 3 heteroatoms. The van der Waals surface area contributed by atoms with Crippen LogP contribution in [0.4, 0.5) is 0 Å². The number of amides is 1. The number of ketones is 1. The Morgan fingerprint density at radius 3 is 2.60 bits per heavy atom. The molecular formula is C17H21NO2. The van der Waals surface area contributed by atoms with Crippen LogP contribution in [0.3, 0.4) is 0 Å². The summed E-state index contributed by atoms with van der Waals surface area (Å²) in [6, 6.07) is 10.1. The van der Waals surface area contributed by atoms with Gasteiger partial charge in [-0.15, -0.1) is 0 Å². The largest absolute Gasteiger partial charge is 0.341 e. The maximum atomic E-state index is 12.9. The molecule has 2 fully saturated rings. The molecule has 0 spiro atoms. The SMILES string of the molecule is CCC1CN(C(=O)C2(c3ccccc3)CC2)CCC1=O. The second-order valence-electron chi connectivity index (χ2n) is 6.02. The van der Waals surface area contributed by atoms with Gasteiger partial charge in [0.2, 0.25) is 5.91 Å². The lowest BCUT2D eigenvalue weighted by Crippen LogP contribution is -2.47. The Kier molecular flexibility index (Phi) is 3.36. The molecule has 1 heterocycles. The van der Waals surface area contributed by atoms with Crippen molar-refractivity contribution >= 4 is 11.7 Å². The fraction of sp³-hybridized carbons (Fsp3) is 0.529. The Bertz CT molecular complexity index is 519. The molecule has 2 aliphatic rings. The maximum Gasteiger partial charge on any atom is 0.233 e. The van der Waals surface area contributed by atoms with Crippen LogP contribution >= 0.6 is 0 Å². The summed E-state index contributed by atoms with van der Waals surface area (Å²) in [5.74, 6) is 0.593. The highest BCUT2D eigenvalue weighted by molar-refractivity contribution is 5.93. The van der Waals surface area contributed by atoms with Gasteiger partial charge in [0.25, 0.3) is 0 Å². The van der Waals surface area contributed by atoms with E-state index in [9.17, 15) is 9.59 Å². The summed E-state index contributed by atoms with van der Waals surface area (Å²) in [5, 5.41) is 0. The summed E-state index contributed by atoms with van der Waals surface area (Å²) >= 11 is 0. The summed E-state index contributed by atoms with van der Waals surface area (Å²) in [6.07, 6.45) is 3.24. The zero-order valence-electron chi connectivity index (χ0n) is 12.0. The van der Waals surface area contributed by atoms with E-state index in [-0.39, 0.29) is 17.2 Å². The molecule has 0 N–H and O–H groups in total. The van der Waals surface area contributed by atoms with Crippen LogP contribution in [0.5, 0.6) is 0 Å². The summed E-state index contributed by atoms with van der Waals surface area (Å²) in [4.78, 5) is 26.6. The van der Waals surface area contributed by atoms with Gasteiger partial charge in [-0.2, -0.15) is 0 Å². The minimum Gasteiger partial charge on any atom is -0.341 e. The van der Waals surface area contributed by atoms with E-state index in [0.29, 0.717) is 25.3 Å². The van der Waals surface area contributed by atoms with Crippen molar-refractivity contribution in [3.63, 3.8) is 0 Å². The highest BCUT2D eigenvalue weighted by Gasteiger charge is 2.53. The van der Waals surface area contributed by atoms with E-state index < -0.39 is 0 Å².